The van der Waals surface area contributed by atoms with Crippen LogP contribution in [0.25, 0.3) is 0 Å². The minimum atomic E-state index is -0.451. The monoisotopic (exact) mass is 255 g/mol. The number of aliphatic hydroxyl groups is 1. The van der Waals surface area contributed by atoms with E-state index in [-0.39, 0.29) is 17.9 Å². The first-order valence-corrected chi connectivity index (χ1v) is 5.74. The molecule has 0 saturated heterocycles. The van der Waals surface area contributed by atoms with E-state index in [4.69, 9.17) is 10.3 Å². The van der Waals surface area contributed by atoms with Crippen molar-refractivity contribution in [3.8, 4) is 0 Å². The Bertz CT molecular complexity index is 426. The fourth-order valence-electron chi connectivity index (χ4n) is 1.45. The molecule has 0 aliphatic rings. The molecule has 0 aliphatic carbocycles. The molecule has 0 bridgehead atoms. The van der Waals surface area contributed by atoms with E-state index in [1.54, 1.807) is 13.0 Å². The summed E-state index contributed by atoms with van der Waals surface area (Å²) in [4.78, 5) is 13.3. The molecule has 4 N–H and O–H groups in total. The van der Waals surface area contributed by atoms with Gasteiger partial charge in [0.15, 0.2) is 5.76 Å². The van der Waals surface area contributed by atoms with Crippen LogP contribution in [0.2, 0.25) is 0 Å². The lowest BCUT2D eigenvalue weighted by molar-refractivity contribution is 0.0730. The fraction of sp³-hybridized carbons (Fsp3) is 0.583. The van der Waals surface area contributed by atoms with Crippen LogP contribution in [0.1, 0.15) is 35.7 Å². The first kappa shape index (κ1) is 14.7. The van der Waals surface area contributed by atoms with Crippen LogP contribution >= 0.6 is 0 Å². The first-order chi connectivity index (χ1) is 8.31. The normalized spacial score (nSPS) is 11.9. The Kier molecular flexibility index (Phi) is 4.50. The van der Waals surface area contributed by atoms with Gasteiger partial charge in [-0.15, -0.1) is 0 Å². The Hall–Kier alpha value is -1.37. The van der Waals surface area contributed by atoms with Gasteiger partial charge in [0.25, 0.3) is 0 Å². The van der Waals surface area contributed by atoms with Crippen molar-refractivity contribution in [2.75, 3.05) is 13.7 Å². The third kappa shape index (κ3) is 3.10. The standard InChI is InChI=1S/C12H21N3O3/c1-8-9(5-10(18-8)11(17)14-13)6-15(4)12(2,3)7-16/h5,16H,6-7,13H2,1-4H3,(H,14,17). The molecular formula is C12H21N3O3. The number of carbonyl (C=O) groups is 1. The molecule has 0 aromatic carbocycles. The molecule has 6 nitrogen and oxygen atoms in total. The van der Waals surface area contributed by atoms with Crippen LogP contribution in [-0.4, -0.2) is 35.1 Å². The molecule has 1 heterocycles. The molecule has 1 amide bonds. The second-order valence-electron chi connectivity index (χ2n) is 4.99. The number of nitrogens with two attached hydrogens (primary N) is 1. The lowest BCUT2D eigenvalue weighted by Gasteiger charge is -2.33. The van der Waals surface area contributed by atoms with Gasteiger partial charge in [0.05, 0.1) is 6.61 Å². The minimum absolute atomic E-state index is 0.0521. The van der Waals surface area contributed by atoms with Gasteiger partial charge in [-0.25, -0.2) is 5.84 Å². The summed E-state index contributed by atoms with van der Waals surface area (Å²) >= 11 is 0. The zero-order chi connectivity index (χ0) is 13.9. The molecule has 0 saturated carbocycles. The van der Waals surface area contributed by atoms with E-state index in [0.29, 0.717) is 12.3 Å². The highest BCUT2D eigenvalue weighted by Gasteiger charge is 2.24. The van der Waals surface area contributed by atoms with E-state index in [1.807, 2.05) is 31.2 Å². The van der Waals surface area contributed by atoms with Crippen molar-refractivity contribution in [3.63, 3.8) is 0 Å². The fourth-order valence-corrected chi connectivity index (χ4v) is 1.45. The number of aryl methyl sites for hydroxylation is 1. The zero-order valence-corrected chi connectivity index (χ0v) is 11.3. The molecule has 1 rings (SSSR count). The Balaban J connectivity index is 2.86. The van der Waals surface area contributed by atoms with E-state index in [2.05, 4.69) is 0 Å². The third-order valence-corrected chi connectivity index (χ3v) is 3.20. The zero-order valence-electron chi connectivity index (χ0n) is 11.3. The summed E-state index contributed by atoms with van der Waals surface area (Å²) in [6, 6.07) is 1.67. The number of aliphatic hydroxyl groups excluding tert-OH is 1. The van der Waals surface area contributed by atoms with Gasteiger partial charge in [-0.1, -0.05) is 0 Å². The van der Waals surface area contributed by atoms with Crippen LogP contribution in [0, 0.1) is 6.92 Å². The number of hydrogen-bond donors (Lipinski definition) is 3. The molecule has 0 atom stereocenters. The van der Waals surface area contributed by atoms with Crippen LogP contribution in [-0.2, 0) is 6.54 Å². The van der Waals surface area contributed by atoms with Gasteiger partial charge in [0.1, 0.15) is 5.76 Å². The van der Waals surface area contributed by atoms with E-state index in [9.17, 15) is 9.90 Å². The largest absolute Gasteiger partial charge is 0.456 e. The Morgan fingerprint density at radius 1 is 1.61 bits per heavy atom. The molecule has 1 aromatic heterocycles. The maximum absolute atomic E-state index is 11.3. The van der Waals surface area contributed by atoms with Gasteiger partial charge < -0.3 is 9.52 Å². The average molecular weight is 255 g/mol. The number of carbonyl (C=O) groups excluding carboxylic acids is 1. The number of hydrogen-bond acceptors (Lipinski definition) is 5. The van der Waals surface area contributed by atoms with Crippen LogP contribution < -0.4 is 11.3 Å². The highest BCUT2D eigenvalue weighted by atomic mass is 16.4. The molecule has 18 heavy (non-hydrogen) atoms. The van der Waals surface area contributed by atoms with Gasteiger partial charge in [0, 0.05) is 17.6 Å². The summed E-state index contributed by atoms with van der Waals surface area (Å²) in [5, 5.41) is 9.30. The number of furan rings is 1. The van der Waals surface area contributed by atoms with Crippen molar-refractivity contribution in [1.29, 1.82) is 0 Å². The Morgan fingerprint density at radius 3 is 2.72 bits per heavy atom. The second kappa shape index (κ2) is 5.51. The summed E-state index contributed by atoms with van der Waals surface area (Å²) in [5.74, 6) is 5.47. The molecule has 0 radical (unpaired) electrons. The molecule has 1 aromatic rings. The molecule has 0 unspecified atom stereocenters. The number of rotatable bonds is 5. The smallest absolute Gasteiger partial charge is 0.300 e. The van der Waals surface area contributed by atoms with Crippen LogP contribution in [0.3, 0.4) is 0 Å². The summed E-state index contributed by atoms with van der Waals surface area (Å²) in [7, 11) is 1.91. The van der Waals surface area contributed by atoms with Gasteiger partial charge in [-0.3, -0.25) is 15.1 Å². The van der Waals surface area contributed by atoms with Crippen LogP contribution in [0.4, 0.5) is 0 Å². The molecule has 0 aliphatic heterocycles. The lowest BCUT2D eigenvalue weighted by atomic mass is 10.0. The van der Waals surface area contributed by atoms with Gasteiger partial charge in [-0.2, -0.15) is 0 Å². The molecular weight excluding hydrogens is 234 g/mol. The van der Waals surface area contributed by atoms with Gasteiger partial charge >= 0.3 is 5.91 Å². The maximum atomic E-state index is 11.3. The first-order valence-electron chi connectivity index (χ1n) is 5.74. The molecule has 0 spiro atoms. The summed E-state index contributed by atoms with van der Waals surface area (Å²) < 4.78 is 5.33. The van der Waals surface area contributed by atoms with Crippen molar-refractivity contribution >= 4 is 5.91 Å². The second-order valence-corrected chi connectivity index (χ2v) is 4.99. The van der Waals surface area contributed by atoms with Gasteiger partial charge in [-0.05, 0) is 33.9 Å². The molecule has 102 valence electrons. The van der Waals surface area contributed by atoms with Crippen molar-refractivity contribution in [3.05, 3.63) is 23.2 Å². The number of nitrogens with zero attached hydrogens (tertiary/aromatic N) is 1. The van der Waals surface area contributed by atoms with Crippen molar-refractivity contribution in [2.45, 2.75) is 32.9 Å². The Morgan fingerprint density at radius 2 is 2.22 bits per heavy atom. The van der Waals surface area contributed by atoms with Crippen molar-refractivity contribution in [2.24, 2.45) is 5.84 Å². The van der Waals surface area contributed by atoms with Crippen molar-refractivity contribution in [1.82, 2.24) is 10.3 Å². The lowest BCUT2D eigenvalue weighted by Crippen LogP contribution is -2.43. The van der Waals surface area contributed by atoms with Crippen molar-refractivity contribution < 1.29 is 14.3 Å². The van der Waals surface area contributed by atoms with Crippen LogP contribution in [0.15, 0.2) is 10.5 Å². The summed E-state index contributed by atoms with van der Waals surface area (Å²) in [6.45, 7) is 6.31. The number of nitrogen functional groups attached to an aromatic ring is 1. The van der Waals surface area contributed by atoms with E-state index < -0.39 is 5.91 Å². The summed E-state index contributed by atoms with van der Waals surface area (Å²) in [6.07, 6.45) is 0. The predicted molar refractivity (Wildman–Crippen MR) is 67.7 cm³/mol. The number of nitrogens with one attached hydrogen (secondary N) is 1. The molecule has 6 heteroatoms. The Labute approximate surface area is 107 Å². The van der Waals surface area contributed by atoms with E-state index in [1.165, 1.54) is 0 Å². The highest BCUT2D eigenvalue weighted by Crippen LogP contribution is 2.20. The third-order valence-electron chi connectivity index (χ3n) is 3.20. The maximum Gasteiger partial charge on any atom is 0.300 e. The average Bonchev–Trinajstić information content (AvgIpc) is 2.69. The van der Waals surface area contributed by atoms with Gasteiger partial charge in [0.2, 0.25) is 0 Å². The number of likely N-dealkylation sites (N-methyl/N-ethyl adjacent to an activating group) is 1. The highest BCUT2D eigenvalue weighted by molar-refractivity contribution is 5.91. The molecule has 0 fully saturated rings. The quantitative estimate of drug-likeness (QED) is 0.402. The van der Waals surface area contributed by atoms with E-state index >= 15 is 0 Å². The number of hydrazine groups is 1. The van der Waals surface area contributed by atoms with Crippen LogP contribution in [0.5, 0.6) is 0 Å². The topological polar surface area (TPSA) is 91.7 Å². The summed E-state index contributed by atoms with van der Waals surface area (Å²) in [5.41, 5.74) is 2.60. The SMILES string of the molecule is Cc1oc(C(=O)NN)cc1CN(C)C(C)(C)CO. The minimum Gasteiger partial charge on any atom is -0.456 e. The predicted octanol–water partition coefficient (Wildman–Crippen LogP) is 0.394. The number of amides is 1. The van der Waals surface area contributed by atoms with E-state index in [0.717, 1.165) is 5.56 Å².